The number of aromatic amines is 1. The lowest BCUT2D eigenvalue weighted by Crippen LogP contribution is -2.11. The number of hydrogen-bond acceptors (Lipinski definition) is 5. The summed E-state index contributed by atoms with van der Waals surface area (Å²) in [5.74, 6) is 0.737. The van der Waals surface area contributed by atoms with Gasteiger partial charge in [-0.25, -0.2) is 9.97 Å². The molecule has 0 saturated heterocycles. The zero-order valence-corrected chi connectivity index (χ0v) is 14.5. The molecule has 0 fully saturated rings. The van der Waals surface area contributed by atoms with Gasteiger partial charge in [0.05, 0.1) is 16.9 Å². The van der Waals surface area contributed by atoms with Gasteiger partial charge >= 0.3 is 0 Å². The number of nitrogens with zero attached hydrogens (tertiary/aromatic N) is 3. The highest BCUT2D eigenvalue weighted by Crippen LogP contribution is 2.40. The van der Waals surface area contributed by atoms with Gasteiger partial charge in [0.1, 0.15) is 0 Å². The number of H-pyrrole nitrogens is 1. The number of nitrogens with two attached hydrogens (primary N) is 2. The molecule has 26 heavy (non-hydrogen) atoms. The van der Waals surface area contributed by atoms with Crippen LogP contribution in [0.25, 0.3) is 33.3 Å². The van der Waals surface area contributed by atoms with Crippen LogP contribution < -0.4 is 11.5 Å². The van der Waals surface area contributed by atoms with Crippen LogP contribution in [0.4, 0.5) is 11.8 Å². The molecule has 1 aliphatic rings. The Morgan fingerprint density at radius 2 is 1.88 bits per heavy atom. The number of aromatic nitrogens is 4. The fourth-order valence-electron chi connectivity index (χ4n) is 3.65. The summed E-state index contributed by atoms with van der Waals surface area (Å²) in [4.78, 5) is 9.04. The summed E-state index contributed by atoms with van der Waals surface area (Å²) in [7, 11) is 0. The van der Waals surface area contributed by atoms with Crippen LogP contribution >= 0.6 is 11.6 Å². The van der Waals surface area contributed by atoms with Crippen LogP contribution in [-0.4, -0.2) is 20.2 Å². The number of rotatable bonds is 1. The number of halogens is 1. The van der Waals surface area contributed by atoms with Crippen molar-refractivity contribution in [1.82, 2.24) is 20.2 Å². The smallest absolute Gasteiger partial charge is 0.220 e. The molecule has 0 spiro atoms. The Bertz CT molecular complexity index is 1180. The second kappa shape index (κ2) is 5.44. The number of benzene rings is 2. The van der Waals surface area contributed by atoms with Crippen molar-refractivity contribution in [1.29, 1.82) is 0 Å². The van der Waals surface area contributed by atoms with Gasteiger partial charge in [-0.05, 0) is 48.2 Å². The van der Waals surface area contributed by atoms with Crippen molar-refractivity contribution in [3.8, 4) is 22.4 Å². The Kier molecular flexibility index (Phi) is 3.17. The average molecular weight is 363 g/mol. The second-order valence-electron chi connectivity index (χ2n) is 6.42. The minimum absolute atomic E-state index is 0.274. The van der Waals surface area contributed by atoms with Crippen LogP contribution in [0, 0.1) is 0 Å². The van der Waals surface area contributed by atoms with Crippen LogP contribution in [0.5, 0.6) is 0 Å². The molecule has 5 rings (SSSR count). The van der Waals surface area contributed by atoms with Crippen LogP contribution in [0.1, 0.15) is 11.3 Å². The van der Waals surface area contributed by atoms with Gasteiger partial charge < -0.3 is 11.5 Å². The minimum Gasteiger partial charge on any atom is -0.382 e. The molecule has 2 heterocycles. The molecular weight excluding hydrogens is 348 g/mol. The standard InChI is InChI=1S/C19H15ClN6/c20-11-3-4-12-9(7-11)1-6-15-16(12)17(24-19(22)23-15)10-2-5-14-13(8-10)18(21)26-25-14/h2-5,7-8H,1,6H2,(H3,21,25,26)(H2,22,23,24). The maximum absolute atomic E-state index is 6.18. The molecule has 1 aliphatic carbocycles. The van der Waals surface area contributed by atoms with Crippen molar-refractivity contribution in [3.05, 3.63) is 52.7 Å². The number of fused-ring (bicyclic) bond motifs is 4. The first-order chi connectivity index (χ1) is 12.6. The van der Waals surface area contributed by atoms with Crippen LogP contribution in [-0.2, 0) is 12.8 Å². The molecule has 4 aromatic rings. The molecule has 0 unspecified atom stereocenters. The Morgan fingerprint density at radius 3 is 2.77 bits per heavy atom. The molecule has 0 radical (unpaired) electrons. The normalized spacial score (nSPS) is 12.8. The SMILES string of the molecule is Nc1nc2c(c(-c3ccc4[nH]nc(N)c4c3)n1)-c1ccc(Cl)cc1CC2. The minimum atomic E-state index is 0.274. The van der Waals surface area contributed by atoms with Crippen molar-refractivity contribution in [2.24, 2.45) is 0 Å². The quantitative estimate of drug-likeness (QED) is 0.479. The van der Waals surface area contributed by atoms with E-state index in [0.29, 0.717) is 5.82 Å². The third-order valence-corrected chi connectivity index (χ3v) is 5.07. The lowest BCUT2D eigenvalue weighted by atomic mass is 9.86. The van der Waals surface area contributed by atoms with E-state index < -0.39 is 0 Å². The summed E-state index contributed by atoms with van der Waals surface area (Å²) in [6, 6.07) is 11.9. The monoisotopic (exact) mass is 362 g/mol. The van der Waals surface area contributed by atoms with Crippen molar-refractivity contribution in [3.63, 3.8) is 0 Å². The number of nitrogens with one attached hydrogen (secondary N) is 1. The first-order valence-corrected chi connectivity index (χ1v) is 8.67. The Labute approximate surface area is 154 Å². The van der Waals surface area contributed by atoms with E-state index >= 15 is 0 Å². The molecule has 2 aromatic heterocycles. The predicted molar refractivity (Wildman–Crippen MR) is 104 cm³/mol. The van der Waals surface area contributed by atoms with E-state index in [-0.39, 0.29) is 5.95 Å². The third-order valence-electron chi connectivity index (χ3n) is 4.83. The van der Waals surface area contributed by atoms with Gasteiger partial charge in [0, 0.05) is 21.5 Å². The van der Waals surface area contributed by atoms with Gasteiger partial charge in [-0.2, -0.15) is 5.10 Å². The lowest BCUT2D eigenvalue weighted by Gasteiger charge is -2.22. The molecule has 0 aliphatic heterocycles. The van der Waals surface area contributed by atoms with E-state index in [2.05, 4.69) is 20.2 Å². The maximum Gasteiger partial charge on any atom is 0.220 e. The Morgan fingerprint density at radius 1 is 1.00 bits per heavy atom. The van der Waals surface area contributed by atoms with Crippen molar-refractivity contribution >= 4 is 34.3 Å². The van der Waals surface area contributed by atoms with E-state index in [4.69, 9.17) is 23.1 Å². The van der Waals surface area contributed by atoms with E-state index in [1.807, 2.05) is 36.4 Å². The van der Waals surface area contributed by atoms with Gasteiger partial charge in [0.25, 0.3) is 0 Å². The fraction of sp³-hybridized carbons (Fsp3) is 0.105. The molecule has 6 nitrogen and oxygen atoms in total. The molecule has 0 amide bonds. The molecule has 7 heteroatoms. The van der Waals surface area contributed by atoms with Crippen LogP contribution in [0.2, 0.25) is 5.02 Å². The number of aryl methyl sites for hydroxylation is 2. The summed E-state index contributed by atoms with van der Waals surface area (Å²) in [6.07, 6.45) is 1.69. The third kappa shape index (κ3) is 2.23. The molecule has 0 bridgehead atoms. The molecule has 5 N–H and O–H groups in total. The lowest BCUT2D eigenvalue weighted by molar-refractivity contribution is 0.889. The first-order valence-electron chi connectivity index (χ1n) is 8.29. The topological polar surface area (TPSA) is 106 Å². The molecule has 0 atom stereocenters. The van der Waals surface area contributed by atoms with Crippen LogP contribution in [0.3, 0.4) is 0 Å². The molecule has 0 saturated carbocycles. The van der Waals surface area contributed by atoms with E-state index in [1.54, 1.807) is 0 Å². The highest BCUT2D eigenvalue weighted by Gasteiger charge is 2.23. The van der Waals surface area contributed by atoms with E-state index in [0.717, 1.165) is 56.8 Å². The maximum atomic E-state index is 6.18. The van der Waals surface area contributed by atoms with Crippen molar-refractivity contribution in [2.75, 3.05) is 11.5 Å². The second-order valence-corrected chi connectivity index (χ2v) is 6.86. The number of anilines is 2. The van der Waals surface area contributed by atoms with E-state index in [9.17, 15) is 0 Å². The summed E-state index contributed by atoms with van der Waals surface area (Å²) >= 11 is 6.18. The molecule has 2 aromatic carbocycles. The van der Waals surface area contributed by atoms with Gasteiger partial charge in [-0.1, -0.05) is 23.7 Å². The number of nitrogen functional groups attached to an aromatic ring is 2. The fourth-order valence-corrected chi connectivity index (χ4v) is 3.84. The van der Waals surface area contributed by atoms with E-state index in [1.165, 1.54) is 5.56 Å². The Balaban J connectivity index is 1.81. The summed E-state index contributed by atoms with van der Waals surface area (Å²) in [5.41, 5.74) is 18.9. The van der Waals surface area contributed by atoms with Gasteiger partial charge in [0.2, 0.25) is 5.95 Å². The van der Waals surface area contributed by atoms with Gasteiger partial charge in [-0.15, -0.1) is 0 Å². The van der Waals surface area contributed by atoms with Crippen molar-refractivity contribution < 1.29 is 0 Å². The largest absolute Gasteiger partial charge is 0.382 e. The summed E-state index contributed by atoms with van der Waals surface area (Å²) in [5, 5.41) is 8.57. The Hall–Kier alpha value is -3.12. The first kappa shape index (κ1) is 15.2. The van der Waals surface area contributed by atoms with Crippen molar-refractivity contribution in [2.45, 2.75) is 12.8 Å². The summed E-state index contributed by atoms with van der Waals surface area (Å²) in [6.45, 7) is 0. The van der Waals surface area contributed by atoms with Gasteiger partial charge in [0.15, 0.2) is 5.82 Å². The zero-order chi connectivity index (χ0) is 17.8. The predicted octanol–water partition coefficient (Wildman–Crippen LogP) is 3.60. The molecular formula is C19H15ClN6. The summed E-state index contributed by atoms with van der Waals surface area (Å²) < 4.78 is 0. The zero-order valence-electron chi connectivity index (χ0n) is 13.8. The molecule has 128 valence electrons. The van der Waals surface area contributed by atoms with Gasteiger partial charge in [-0.3, -0.25) is 5.10 Å². The number of hydrogen-bond donors (Lipinski definition) is 3. The van der Waals surface area contributed by atoms with Crippen LogP contribution in [0.15, 0.2) is 36.4 Å². The highest BCUT2D eigenvalue weighted by atomic mass is 35.5. The average Bonchev–Trinajstić information content (AvgIpc) is 3.01. The highest BCUT2D eigenvalue weighted by molar-refractivity contribution is 6.30.